The van der Waals surface area contributed by atoms with Crippen LogP contribution in [-0.2, 0) is 0 Å². The number of carbonyl (C=O) groups excluding carboxylic acids is 2. The number of fused-ring (bicyclic) bond motifs is 1. The highest BCUT2D eigenvalue weighted by molar-refractivity contribution is 6.08. The molecule has 144 valence electrons. The van der Waals surface area contributed by atoms with Crippen molar-refractivity contribution in [3.63, 3.8) is 0 Å². The summed E-state index contributed by atoms with van der Waals surface area (Å²) in [4.78, 5) is 30.3. The Morgan fingerprint density at radius 3 is 2.64 bits per heavy atom. The van der Waals surface area contributed by atoms with Crippen molar-refractivity contribution in [1.29, 1.82) is 0 Å². The molecule has 0 spiro atoms. The minimum Gasteiger partial charge on any atom is -0.348 e. The van der Waals surface area contributed by atoms with E-state index in [2.05, 4.69) is 15.6 Å². The SMILES string of the molecule is Cc1cccc(C(=O)Nc2nc3ccccn3c2C(=O)NC2CCCCC2)c1. The first-order chi connectivity index (χ1) is 13.6. The second-order valence-electron chi connectivity index (χ2n) is 7.37. The van der Waals surface area contributed by atoms with E-state index in [1.807, 2.05) is 43.3 Å². The predicted octanol–water partition coefficient (Wildman–Crippen LogP) is 3.96. The lowest BCUT2D eigenvalue weighted by Crippen LogP contribution is -2.37. The Hall–Kier alpha value is -3.15. The molecule has 2 amide bonds. The summed E-state index contributed by atoms with van der Waals surface area (Å²) in [7, 11) is 0. The summed E-state index contributed by atoms with van der Waals surface area (Å²) in [6.45, 7) is 1.94. The first-order valence-electron chi connectivity index (χ1n) is 9.78. The van der Waals surface area contributed by atoms with E-state index in [4.69, 9.17) is 0 Å². The molecule has 2 heterocycles. The van der Waals surface area contributed by atoms with Gasteiger partial charge < -0.3 is 10.6 Å². The van der Waals surface area contributed by atoms with Crippen LogP contribution in [-0.4, -0.2) is 27.2 Å². The number of carbonyl (C=O) groups is 2. The molecule has 2 aromatic heterocycles. The number of imidazole rings is 1. The number of anilines is 1. The highest BCUT2D eigenvalue weighted by Crippen LogP contribution is 2.22. The fourth-order valence-electron chi connectivity index (χ4n) is 3.77. The third-order valence-corrected chi connectivity index (χ3v) is 5.20. The third kappa shape index (κ3) is 3.76. The van der Waals surface area contributed by atoms with Crippen LogP contribution in [0.4, 0.5) is 5.82 Å². The van der Waals surface area contributed by atoms with Gasteiger partial charge in [0.15, 0.2) is 11.5 Å². The number of hydrogen-bond donors (Lipinski definition) is 2. The Kier molecular flexibility index (Phi) is 5.10. The molecular weight excluding hydrogens is 352 g/mol. The normalized spacial score (nSPS) is 14.8. The van der Waals surface area contributed by atoms with Crippen molar-refractivity contribution in [2.24, 2.45) is 0 Å². The van der Waals surface area contributed by atoms with E-state index in [9.17, 15) is 9.59 Å². The van der Waals surface area contributed by atoms with Crippen molar-refractivity contribution < 1.29 is 9.59 Å². The van der Waals surface area contributed by atoms with E-state index in [0.717, 1.165) is 31.2 Å². The molecule has 0 aliphatic heterocycles. The number of benzene rings is 1. The number of nitrogens with one attached hydrogen (secondary N) is 2. The molecule has 1 aliphatic carbocycles. The summed E-state index contributed by atoms with van der Waals surface area (Å²) in [5.74, 6) is -0.199. The van der Waals surface area contributed by atoms with Crippen LogP contribution in [0.5, 0.6) is 0 Å². The zero-order valence-corrected chi connectivity index (χ0v) is 15.9. The molecular formula is C22H24N4O2. The average molecular weight is 376 g/mol. The van der Waals surface area contributed by atoms with Crippen molar-refractivity contribution in [3.8, 4) is 0 Å². The highest BCUT2D eigenvalue weighted by atomic mass is 16.2. The fraction of sp³-hybridized carbons (Fsp3) is 0.318. The van der Waals surface area contributed by atoms with Gasteiger partial charge in [-0.05, 0) is 44.0 Å². The molecule has 6 heteroatoms. The number of hydrogen-bond acceptors (Lipinski definition) is 3. The minimum atomic E-state index is -0.279. The smallest absolute Gasteiger partial charge is 0.272 e. The van der Waals surface area contributed by atoms with E-state index in [0.29, 0.717) is 16.9 Å². The maximum atomic E-state index is 13.1. The van der Waals surface area contributed by atoms with Gasteiger partial charge in [0.1, 0.15) is 5.65 Å². The summed E-state index contributed by atoms with van der Waals surface area (Å²) in [5, 5.41) is 5.95. The van der Waals surface area contributed by atoms with Gasteiger partial charge in [0.05, 0.1) is 0 Å². The van der Waals surface area contributed by atoms with Crippen LogP contribution in [0.1, 0.15) is 58.5 Å². The number of nitrogens with zero attached hydrogens (tertiary/aromatic N) is 2. The van der Waals surface area contributed by atoms with Gasteiger partial charge in [0, 0.05) is 17.8 Å². The first kappa shape index (κ1) is 18.2. The molecule has 28 heavy (non-hydrogen) atoms. The molecule has 1 aliphatic rings. The Balaban J connectivity index is 1.64. The third-order valence-electron chi connectivity index (χ3n) is 5.20. The number of amides is 2. The zero-order valence-electron chi connectivity index (χ0n) is 15.9. The molecule has 2 N–H and O–H groups in total. The lowest BCUT2D eigenvalue weighted by Gasteiger charge is -2.22. The van der Waals surface area contributed by atoms with Crippen molar-refractivity contribution in [3.05, 3.63) is 65.5 Å². The van der Waals surface area contributed by atoms with Crippen molar-refractivity contribution in [2.45, 2.75) is 45.1 Å². The lowest BCUT2D eigenvalue weighted by molar-refractivity contribution is 0.0922. The maximum absolute atomic E-state index is 13.1. The summed E-state index contributed by atoms with van der Waals surface area (Å²) in [6.07, 6.45) is 7.27. The Bertz CT molecular complexity index is 1020. The van der Waals surface area contributed by atoms with E-state index in [1.54, 1.807) is 16.7 Å². The average Bonchev–Trinajstić information content (AvgIpc) is 3.06. The van der Waals surface area contributed by atoms with Crippen LogP contribution >= 0.6 is 0 Å². The number of pyridine rings is 1. The van der Waals surface area contributed by atoms with Crippen LogP contribution < -0.4 is 10.6 Å². The molecule has 1 aromatic carbocycles. The van der Waals surface area contributed by atoms with Gasteiger partial charge in [0.25, 0.3) is 11.8 Å². The van der Waals surface area contributed by atoms with Crippen LogP contribution in [0.25, 0.3) is 5.65 Å². The van der Waals surface area contributed by atoms with Crippen molar-refractivity contribution >= 4 is 23.3 Å². The van der Waals surface area contributed by atoms with E-state index >= 15 is 0 Å². The molecule has 0 radical (unpaired) electrons. The summed E-state index contributed by atoms with van der Waals surface area (Å²) >= 11 is 0. The van der Waals surface area contributed by atoms with Gasteiger partial charge in [-0.25, -0.2) is 4.98 Å². The fourth-order valence-corrected chi connectivity index (χ4v) is 3.77. The van der Waals surface area contributed by atoms with Crippen LogP contribution in [0.2, 0.25) is 0 Å². The highest BCUT2D eigenvalue weighted by Gasteiger charge is 2.24. The minimum absolute atomic E-state index is 0.177. The second-order valence-corrected chi connectivity index (χ2v) is 7.37. The number of rotatable bonds is 4. The predicted molar refractivity (Wildman–Crippen MR) is 109 cm³/mol. The zero-order chi connectivity index (χ0) is 19.5. The van der Waals surface area contributed by atoms with Crippen molar-refractivity contribution in [2.75, 3.05) is 5.32 Å². The van der Waals surface area contributed by atoms with Crippen LogP contribution in [0, 0.1) is 6.92 Å². The van der Waals surface area contributed by atoms with Gasteiger partial charge in [0.2, 0.25) is 0 Å². The molecule has 0 bridgehead atoms. The molecule has 4 rings (SSSR count). The quantitative estimate of drug-likeness (QED) is 0.724. The Morgan fingerprint density at radius 1 is 1.04 bits per heavy atom. The largest absolute Gasteiger partial charge is 0.348 e. The van der Waals surface area contributed by atoms with Gasteiger partial charge >= 0.3 is 0 Å². The van der Waals surface area contributed by atoms with Crippen LogP contribution in [0.15, 0.2) is 48.7 Å². The van der Waals surface area contributed by atoms with E-state index in [-0.39, 0.29) is 23.7 Å². The maximum Gasteiger partial charge on any atom is 0.272 e. The van der Waals surface area contributed by atoms with Crippen molar-refractivity contribution in [1.82, 2.24) is 14.7 Å². The Morgan fingerprint density at radius 2 is 1.86 bits per heavy atom. The molecule has 0 unspecified atom stereocenters. The van der Waals surface area contributed by atoms with Gasteiger partial charge in [-0.2, -0.15) is 0 Å². The Labute approximate surface area is 164 Å². The first-order valence-corrected chi connectivity index (χ1v) is 9.78. The summed E-state index contributed by atoms with van der Waals surface area (Å²) in [5.41, 5.74) is 2.52. The number of aromatic nitrogens is 2. The van der Waals surface area contributed by atoms with Gasteiger partial charge in [-0.3, -0.25) is 14.0 Å². The molecule has 0 saturated heterocycles. The molecule has 1 saturated carbocycles. The van der Waals surface area contributed by atoms with E-state index in [1.165, 1.54) is 6.42 Å². The molecule has 6 nitrogen and oxygen atoms in total. The summed E-state index contributed by atoms with van der Waals surface area (Å²) < 4.78 is 1.73. The number of aryl methyl sites for hydroxylation is 1. The summed E-state index contributed by atoms with van der Waals surface area (Å²) in [6, 6.07) is 13.0. The van der Waals surface area contributed by atoms with Gasteiger partial charge in [-0.15, -0.1) is 0 Å². The topological polar surface area (TPSA) is 75.5 Å². The van der Waals surface area contributed by atoms with E-state index < -0.39 is 0 Å². The molecule has 1 fully saturated rings. The van der Waals surface area contributed by atoms with Gasteiger partial charge in [-0.1, -0.05) is 43.0 Å². The monoisotopic (exact) mass is 376 g/mol. The standard InChI is InChI=1S/C22H24N4O2/c1-15-8-7-9-16(14-15)21(27)25-20-19(26-13-6-5-12-18(26)24-20)22(28)23-17-10-3-2-4-11-17/h5-9,12-14,17H,2-4,10-11H2,1H3,(H,23,28)(H,25,27). The van der Waals surface area contributed by atoms with Crippen LogP contribution in [0.3, 0.4) is 0 Å². The lowest BCUT2D eigenvalue weighted by atomic mass is 9.95. The molecule has 3 aromatic rings. The second kappa shape index (κ2) is 7.84. The molecule has 0 atom stereocenters.